The minimum Gasteiger partial charge on any atom is -0.381 e. The zero-order chi connectivity index (χ0) is 11.7. The van der Waals surface area contributed by atoms with Crippen LogP contribution < -0.4 is 5.32 Å². The fourth-order valence-corrected chi connectivity index (χ4v) is 1.66. The van der Waals surface area contributed by atoms with Crippen LogP contribution in [0.25, 0.3) is 0 Å². The molecule has 2 heteroatoms. The number of unbranched alkanes of at least 4 members (excludes halogenated alkanes) is 1. The van der Waals surface area contributed by atoms with Crippen LogP contribution >= 0.6 is 0 Å². The molecular weight excluding hydrogens is 186 g/mol. The van der Waals surface area contributed by atoms with Gasteiger partial charge in [-0.25, -0.2) is 0 Å². The highest BCUT2D eigenvalue weighted by Gasteiger charge is 2.23. The smallest absolute Gasteiger partial charge is 0.0469 e. The highest BCUT2D eigenvalue weighted by Crippen LogP contribution is 2.27. The van der Waals surface area contributed by atoms with E-state index in [1.807, 2.05) is 7.05 Å². The van der Waals surface area contributed by atoms with E-state index in [1.54, 1.807) is 0 Å². The molecule has 0 bridgehead atoms. The molecule has 1 atom stereocenters. The van der Waals surface area contributed by atoms with Crippen LogP contribution in [-0.4, -0.2) is 26.8 Å². The van der Waals surface area contributed by atoms with Gasteiger partial charge in [0, 0.05) is 13.2 Å². The molecule has 0 aromatic heterocycles. The van der Waals surface area contributed by atoms with Gasteiger partial charge in [-0.2, -0.15) is 0 Å². The van der Waals surface area contributed by atoms with Gasteiger partial charge in [0.1, 0.15) is 0 Å². The highest BCUT2D eigenvalue weighted by molar-refractivity contribution is 4.75. The maximum absolute atomic E-state index is 5.62. The van der Waals surface area contributed by atoms with E-state index in [1.165, 1.54) is 12.8 Å². The van der Waals surface area contributed by atoms with Gasteiger partial charge in [0.2, 0.25) is 0 Å². The summed E-state index contributed by atoms with van der Waals surface area (Å²) in [5, 5.41) is 3.27. The fraction of sp³-hybridized carbons (Fsp3) is 1.00. The monoisotopic (exact) mass is 215 g/mol. The third kappa shape index (κ3) is 7.80. The minimum absolute atomic E-state index is 0.372. The quantitative estimate of drug-likeness (QED) is 0.628. The molecule has 15 heavy (non-hydrogen) atoms. The number of hydrogen-bond donors (Lipinski definition) is 1. The van der Waals surface area contributed by atoms with E-state index < -0.39 is 0 Å². The summed E-state index contributed by atoms with van der Waals surface area (Å²) < 4.78 is 5.62. The van der Waals surface area contributed by atoms with Gasteiger partial charge in [-0.05, 0) is 37.8 Å². The van der Waals surface area contributed by atoms with E-state index >= 15 is 0 Å². The third-order valence-electron chi connectivity index (χ3n) is 2.93. The van der Waals surface area contributed by atoms with Gasteiger partial charge < -0.3 is 10.1 Å². The maximum Gasteiger partial charge on any atom is 0.0469 e. The first-order chi connectivity index (χ1) is 7.02. The van der Waals surface area contributed by atoms with Crippen molar-refractivity contribution in [2.75, 3.05) is 26.8 Å². The lowest BCUT2D eigenvalue weighted by Crippen LogP contribution is -2.31. The second-order valence-corrected chi connectivity index (χ2v) is 5.38. The SMILES string of the molecule is CCCCOCCC(CNC)C(C)(C)C. The van der Waals surface area contributed by atoms with Crippen molar-refractivity contribution in [3.63, 3.8) is 0 Å². The molecular formula is C13H29NO. The van der Waals surface area contributed by atoms with E-state index in [0.717, 1.165) is 26.2 Å². The lowest BCUT2D eigenvalue weighted by molar-refractivity contribution is 0.0952. The van der Waals surface area contributed by atoms with E-state index in [-0.39, 0.29) is 0 Å². The Kier molecular flexibility index (Phi) is 8.07. The molecule has 0 aliphatic heterocycles. The molecule has 2 nitrogen and oxygen atoms in total. The normalized spacial score (nSPS) is 14.2. The van der Waals surface area contributed by atoms with Crippen molar-refractivity contribution in [2.24, 2.45) is 11.3 Å². The van der Waals surface area contributed by atoms with Gasteiger partial charge in [0.15, 0.2) is 0 Å². The van der Waals surface area contributed by atoms with Crippen LogP contribution in [0.4, 0.5) is 0 Å². The zero-order valence-corrected chi connectivity index (χ0v) is 11.2. The van der Waals surface area contributed by atoms with Crippen molar-refractivity contribution < 1.29 is 4.74 Å². The molecule has 0 aromatic rings. The Morgan fingerprint density at radius 3 is 2.33 bits per heavy atom. The second kappa shape index (κ2) is 8.12. The fourth-order valence-electron chi connectivity index (χ4n) is 1.66. The van der Waals surface area contributed by atoms with E-state index in [2.05, 4.69) is 33.0 Å². The largest absolute Gasteiger partial charge is 0.381 e. The maximum atomic E-state index is 5.62. The molecule has 0 amide bonds. The average molecular weight is 215 g/mol. The molecule has 0 saturated carbocycles. The van der Waals surface area contributed by atoms with Crippen LogP contribution in [-0.2, 0) is 4.74 Å². The van der Waals surface area contributed by atoms with E-state index in [0.29, 0.717) is 11.3 Å². The summed E-state index contributed by atoms with van der Waals surface area (Å²) in [6.07, 6.45) is 3.57. The Morgan fingerprint density at radius 2 is 1.87 bits per heavy atom. The lowest BCUT2D eigenvalue weighted by atomic mass is 9.79. The summed E-state index contributed by atoms with van der Waals surface area (Å²) >= 11 is 0. The van der Waals surface area contributed by atoms with Gasteiger partial charge in [-0.1, -0.05) is 34.1 Å². The van der Waals surface area contributed by atoms with Crippen LogP contribution in [0.2, 0.25) is 0 Å². The van der Waals surface area contributed by atoms with Crippen LogP contribution in [0, 0.1) is 11.3 Å². The van der Waals surface area contributed by atoms with Crippen LogP contribution in [0.1, 0.15) is 47.0 Å². The molecule has 0 aliphatic carbocycles. The summed E-state index contributed by atoms with van der Waals surface area (Å²) in [4.78, 5) is 0. The van der Waals surface area contributed by atoms with Gasteiger partial charge >= 0.3 is 0 Å². The number of rotatable bonds is 8. The topological polar surface area (TPSA) is 21.3 Å². The van der Waals surface area contributed by atoms with Gasteiger partial charge in [0.25, 0.3) is 0 Å². The first kappa shape index (κ1) is 14.9. The third-order valence-corrected chi connectivity index (χ3v) is 2.93. The van der Waals surface area contributed by atoms with Crippen molar-refractivity contribution in [2.45, 2.75) is 47.0 Å². The first-order valence-electron chi connectivity index (χ1n) is 6.24. The van der Waals surface area contributed by atoms with E-state index in [9.17, 15) is 0 Å². The molecule has 0 saturated heterocycles. The van der Waals surface area contributed by atoms with Crippen molar-refractivity contribution >= 4 is 0 Å². The minimum atomic E-state index is 0.372. The van der Waals surface area contributed by atoms with E-state index in [4.69, 9.17) is 4.74 Å². The Balaban J connectivity index is 3.67. The molecule has 1 unspecified atom stereocenters. The van der Waals surface area contributed by atoms with Crippen molar-refractivity contribution in [1.29, 1.82) is 0 Å². The van der Waals surface area contributed by atoms with Gasteiger partial charge in [-0.3, -0.25) is 0 Å². The van der Waals surface area contributed by atoms with Crippen LogP contribution in [0.5, 0.6) is 0 Å². The second-order valence-electron chi connectivity index (χ2n) is 5.38. The summed E-state index contributed by atoms with van der Waals surface area (Å²) in [5.41, 5.74) is 0.372. The molecule has 1 N–H and O–H groups in total. The lowest BCUT2D eigenvalue weighted by Gasteiger charge is -2.30. The predicted molar refractivity (Wildman–Crippen MR) is 67.2 cm³/mol. The number of ether oxygens (including phenoxy) is 1. The Labute approximate surface area is 95.8 Å². The molecule has 0 rings (SSSR count). The molecule has 0 aromatic carbocycles. The van der Waals surface area contributed by atoms with Crippen molar-refractivity contribution in [3.8, 4) is 0 Å². The molecule has 0 heterocycles. The highest BCUT2D eigenvalue weighted by atomic mass is 16.5. The Hall–Kier alpha value is -0.0800. The van der Waals surface area contributed by atoms with Gasteiger partial charge in [-0.15, -0.1) is 0 Å². The molecule has 92 valence electrons. The zero-order valence-electron chi connectivity index (χ0n) is 11.2. The predicted octanol–water partition coefficient (Wildman–Crippen LogP) is 3.07. The number of hydrogen-bond acceptors (Lipinski definition) is 2. The van der Waals surface area contributed by atoms with Crippen molar-refractivity contribution in [3.05, 3.63) is 0 Å². The Morgan fingerprint density at radius 1 is 1.20 bits per heavy atom. The molecule has 0 fully saturated rings. The van der Waals surface area contributed by atoms with Crippen LogP contribution in [0.15, 0.2) is 0 Å². The standard InChI is InChI=1S/C13H29NO/c1-6-7-9-15-10-8-12(11-14-5)13(2,3)4/h12,14H,6-11H2,1-5H3. The number of nitrogens with one attached hydrogen (secondary N) is 1. The molecule has 0 aliphatic rings. The van der Waals surface area contributed by atoms with Crippen molar-refractivity contribution in [1.82, 2.24) is 5.32 Å². The molecule has 0 spiro atoms. The average Bonchev–Trinajstić information content (AvgIpc) is 2.14. The van der Waals surface area contributed by atoms with Gasteiger partial charge in [0.05, 0.1) is 0 Å². The first-order valence-corrected chi connectivity index (χ1v) is 6.24. The van der Waals surface area contributed by atoms with Crippen LogP contribution in [0.3, 0.4) is 0 Å². The summed E-state index contributed by atoms with van der Waals surface area (Å²) in [6.45, 7) is 12.0. The summed E-state index contributed by atoms with van der Waals surface area (Å²) in [7, 11) is 2.02. The Bertz CT molecular complexity index is 140. The summed E-state index contributed by atoms with van der Waals surface area (Å²) in [5.74, 6) is 0.698. The molecule has 0 radical (unpaired) electrons. The summed E-state index contributed by atoms with van der Waals surface area (Å²) in [6, 6.07) is 0.